The van der Waals surface area contributed by atoms with Crippen LogP contribution in [0.25, 0.3) is 11.0 Å². The number of hydrogen-bond donors (Lipinski definition) is 3. The van der Waals surface area contributed by atoms with Gasteiger partial charge in [-0.3, -0.25) is 9.52 Å². The molecule has 0 aliphatic carbocycles. The summed E-state index contributed by atoms with van der Waals surface area (Å²) in [5.74, 6) is 0.222. The van der Waals surface area contributed by atoms with Gasteiger partial charge in [0.2, 0.25) is 5.91 Å². The first-order valence-corrected chi connectivity index (χ1v) is 12.8. The summed E-state index contributed by atoms with van der Waals surface area (Å²) in [4.78, 5) is 20.8. The molecule has 2 atom stereocenters. The first-order valence-electron chi connectivity index (χ1n) is 11.4. The van der Waals surface area contributed by atoms with Crippen LogP contribution in [0.2, 0.25) is 0 Å². The molecule has 0 aliphatic rings. The van der Waals surface area contributed by atoms with Crippen LogP contribution in [-0.2, 0) is 21.2 Å². The van der Waals surface area contributed by atoms with E-state index < -0.39 is 15.8 Å². The first-order chi connectivity index (χ1) is 16.7. The number of aromatic nitrogens is 2. The molecular formula is C26H27FN4O3S. The zero-order chi connectivity index (χ0) is 25.0. The Bertz CT molecular complexity index is 1380. The lowest BCUT2D eigenvalue weighted by molar-refractivity contribution is -0.121. The molecule has 4 rings (SSSR count). The molecule has 1 aromatic heterocycles. The summed E-state index contributed by atoms with van der Waals surface area (Å²) in [6, 6.07) is 18.6. The Balaban J connectivity index is 1.42. The van der Waals surface area contributed by atoms with Crippen molar-refractivity contribution in [2.24, 2.45) is 5.92 Å². The van der Waals surface area contributed by atoms with Crippen LogP contribution in [0.15, 0.2) is 77.7 Å². The minimum Gasteiger partial charge on any atom is -0.346 e. The molecule has 35 heavy (non-hydrogen) atoms. The molecule has 4 aromatic rings. The van der Waals surface area contributed by atoms with Gasteiger partial charge in [0.25, 0.3) is 10.0 Å². The van der Waals surface area contributed by atoms with Crippen molar-refractivity contribution >= 4 is 32.7 Å². The Labute approximate surface area is 203 Å². The largest absolute Gasteiger partial charge is 0.346 e. The van der Waals surface area contributed by atoms with Gasteiger partial charge in [-0.25, -0.2) is 17.8 Å². The molecule has 0 saturated heterocycles. The Morgan fingerprint density at radius 3 is 2.37 bits per heavy atom. The number of nitrogens with zero attached hydrogens (tertiary/aromatic N) is 1. The Kier molecular flexibility index (Phi) is 7.16. The van der Waals surface area contributed by atoms with Gasteiger partial charge >= 0.3 is 0 Å². The molecule has 0 radical (unpaired) electrons. The number of rotatable bonds is 9. The van der Waals surface area contributed by atoms with Crippen molar-refractivity contribution in [2.45, 2.75) is 37.6 Å². The Morgan fingerprint density at radius 1 is 1.03 bits per heavy atom. The average Bonchev–Trinajstić information content (AvgIpc) is 3.27. The lowest BCUT2D eigenvalue weighted by Gasteiger charge is -2.22. The molecule has 9 heteroatoms. The van der Waals surface area contributed by atoms with Gasteiger partial charge in [-0.05, 0) is 60.0 Å². The second kappa shape index (κ2) is 10.3. The molecule has 0 bridgehead atoms. The first kappa shape index (κ1) is 24.4. The molecule has 3 aromatic carbocycles. The van der Waals surface area contributed by atoms with E-state index in [1.165, 1.54) is 12.1 Å². The number of carbonyl (C=O) groups excluding carboxylic acids is 1. The number of hydrogen-bond acceptors (Lipinski definition) is 4. The number of aromatic amines is 1. The van der Waals surface area contributed by atoms with E-state index in [4.69, 9.17) is 0 Å². The van der Waals surface area contributed by atoms with Crippen LogP contribution in [-0.4, -0.2) is 24.3 Å². The molecular weight excluding hydrogens is 467 g/mol. The molecule has 1 heterocycles. The number of amides is 1. The van der Waals surface area contributed by atoms with E-state index in [2.05, 4.69) is 33.9 Å². The highest BCUT2D eigenvalue weighted by atomic mass is 32.2. The van der Waals surface area contributed by atoms with Crippen LogP contribution in [0.1, 0.15) is 37.7 Å². The SMILES string of the molecule is CCC(C)C(NC(=O)Cc1ccc(NS(=O)(=O)c2ccc(F)cc2)cc1)c1nc2ccccc2[nH]1. The summed E-state index contributed by atoms with van der Waals surface area (Å²) < 4.78 is 40.5. The number of sulfonamides is 1. The van der Waals surface area contributed by atoms with Gasteiger partial charge in [0, 0.05) is 5.69 Å². The monoisotopic (exact) mass is 494 g/mol. The van der Waals surface area contributed by atoms with Gasteiger partial charge in [0.05, 0.1) is 28.4 Å². The smallest absolute Gasteiger partial charge is 0.261 e. The van der Waals surface area contributed by atoms with E-state index in [0.29, 0.717) is 5.69 Å². The molecule has 7 nitrogen and oxygen atoms in total. The number of benzene rings is 3. The third kappa shape index (κ3) is 5.86. The van der Waals surface area contributed by atoms with Crippen molar-refractivity contribution in [3.63, 3.8) is 0 Å². The average molecular weight is 495 g/mol. The lowest BCUT2D eigenvalue weighted by Crippen LogP contribution is -2.34. The molecule has 2 unspecified atom stereocenters. The zero-order valence-corrected chi connectivity index (χ0v) is 20.3. The quantitative estimate of drug-likeness (QED) is 0.306. The summed E-state index contributed by atoms with van der Waals surface area (Å²) in [7, 11) is -3.84. The fraction of sp³-hybridized carbons (Fsp3) is 0.231. The van der Waals surface area contributed by atoms with Crippen LogP contribution in [0.3, 0.4) is 0 Å². The number of carbonyl (C=O) groups is 1. The molecule has 0 aliphatic heterocycles. The van der Waals surface area contributed by atoms with Crippen molar-refractivity contribution < 1.29 is 17.6 Å². The predicted octanol–water partition coefficient (Wildman–Crippen LogP) is 4.95. The van der Waals surface area contributed by atoms with Crippen LogP contribution < -0.4 is 10.0 Å². The van der Waals surface area contributed by atoms with Crippen LogP contribution in [0.5, 0.6) is 0 Å². The maximum atomic E-state index is 13.1. The number of H-pyrrole nitrogens is 1. The maximum Gasteiger partial charge on any atom is 0.261 e. The molecule has 0 spiro atoms. The van der Waals surface area contributed by atoms with Gasteiger partial charge in [-0.2, -0.15) is 0 Å². The number of para-hydroxylation sites is 2. The third-order valence-electron chi connectivity index (χ3n) is 5.93. The summed E-state index contributed by atoms with van der Waals surface area (Å²) >= 11 is 0. The second-order valence-corrected chi connectivity index (χ2v) is 10.2. The van der Waals surface area contributed by atoms with Crippen molar-refractivity contribution in [3.8, 4) is 0 Å². The highest BCUT2D eigenvalue weighted by molar-refractivity contribution is 7.92. The van der Waals surface area contributed by atoms with Crippen LogP contribution in [0, 0.1) is 11.7 Å². The predicted molar refractivity (Wildman–Crippen MR) is 134 cm³/mol. The van der Waals surface area contributed by atoms with Crippen LogP contribution >= 0.6 is 0 Å². The van der Waals surface area contributed by atoms with Crippen molar-refractivity contribution in [1.82, 2.24) is 15.3 Å². The van der Waals surface area contributed by atoms with E-state index in [1.54, 1.807) is 24.3 Å². The fourth-order valence-corrected chi connectivity index (χ4v) is 4.82. The minimum absolute atomic E-state index is 0.0379. The Hall–Kier alpha value is -3.72. The summed E-state index contributed by atoms with van der Waals surface area (Å²) in [6.45, 7) is 4.14. The van der Waals surface area contributed by atoms with Gasteiger partial charge in [-0.15, -0.1) is 0 Å². The number of fused-ring (bicyclic) bond motifs is 1. The number of anilines is 1. The van der Waals surface area contributed by atoms with E-state index >= 15 is 0 Å². The highest BCUT2D eigenvalue weighted by Gasteiger charge is 2.23. The van der Waals surface area contributed by atoms with Gasteiger partial charge < -0.3 is 10.3 Å². The molecule has 0 saturated carbocycles. The van der Waals surface area contributed by atoms with Crippen molar-refractivity contribution in [3.05, 3.63) is 90.0 Å². The number of imidazole rings is 1. The summed E-state index contributed by atoms with van der Waals surface area (Å²) in [6.07, 6.45) is 1.00. The van der Waals surface area contributed by atoms with Gasteiger partial charge in [-0.1, -0.05) is 44.5 Å². The normalized spacial score (nSPS) is 13.3. The van der Waals surface area contributed by atoms with E-state index in [0.717, 1.165) is 41.0 Å². The van der Waals surface area contributed by atoms with Crippen molar-refractivity contribution in [2.75, 3.05) is 4.72 Å². The topological polar surface area (TPSA) is 104 Å². The second-order valence-electron chi connectivity index (χ2n) is 8.50. The summed E-state index contributed by atoms with van der Waals surface area (Å²) in [5, 5.41) is 3.10. The summed E-state index contributed by atoms with van der Waals surface area (Å²) in [5.41, 5.74) is 2.85. The van der Waals surface area contributed by atoms with E-state index in [-0.39, 0.29) is 29.2 Å². The minimum atomic E-state index is -3.84. The lowest BCUT2D eigenvalue weighted by atomic mass is 9.98. The van der Waals surface area contributed by atoms with Crippen molar-refractivity contribution in [1.29, 1.82) is 0 Å². The van der Waals surface area contributed by atoms with Gasteiger partial charge in [0.15, 0.2) is 0 Å². The molecule has 182 valence electrons. The van der Waals surface area contributed by atoms with Gasteiger partial charge in [0.1, 0.15) is 11.6 Å². The van der Waals surface area contributed by atoms with E-state index in [9.17, 15) is 17.6 Å². The standard InChI is InChI=1S/C26H27FN4O3S/c1-3-17(2)25(26-28-22-6-4-5-7-23(22)29-26)30-24(32)16-18-8-12-20(13-9-18)31-35(33,34)21-14-10-19(27)11-15-21/h4-15,17,25,31H,3,16H2,1-2H3,(H,28,29)(H,30,32). The maximum absolute atomic E-state index is 13.1. The highest BCUT2D eigenvalue weighted by Crippen LogP contribution is 2.25. The van der Waals surface area contributed by atoms with E-state index in [1.807, 2.05) is 24.3 Å². The molecule has 1 amide bonds. The zero-order valence-electron chi connectivity index (χ0n) is 19.5. The Morgan fingerprint density at radius 2 is 1.71 bits per heavy atom. The number of nitrogens with one attached hydrogen (secondary N) is 3. The molecule has 0 fully saturated rings. The third-order valence-corrected chi connectivity index (χ3v) is 7.32. The van der Waals surface area contributed by atoms with Crippen LogP contribution in [0.4, 0.5) is 10.1 Å². The fourth-order valence-electron chi connectivity index (χ4n) is 3.76. The number of halogens is 1. The molecule has 3 N–H and O–H groups in total.